The quantitative estimate of drug-likeness (QED) is 0.663. The number of ether oxygens (including phenoxy) is 1. The van der Waals surface area contributed by atoms with Crippen molar-refractivity contribution in [2.75, 3.05) is 6.54 Å². The van der Waals surface area contributed by atoms with Gasteiger partial charge in [0.25, 0.3) is 0 Å². The topological polar surface area (TPSA) is 70.4 Å². The van der Waals surface area contributed by atoms with Gasteiger partial charge < -0.3 is 9.64 Å². The largest absolute Gasteiger partial charge is 0.461 e. The number of carbonyl (C=O) groups is 2. The summed E-state index contributed by atoms with van der Waals surface area (Å²) in [5.41, 5.74) is 0. The lowest BCUT2D eigenvalue weighted by atomic mass is 10.2. The second-order valence-corrected chi connectivity index (χ2v) is 4.04. The molecule has 0 aromatic rings. The average molecular weight is 224 g/mol. The van der Waals surface area contributed by atoms with E-state index in [4.69, 9.17) is 10.00 Å². The molecule has 0 saturated carbocycles. The summed E-state index contributed by atoms with van der Waals surface area (Å²) in [6, 6.07) is 1.47. The number of hydrogen-bond donors (Lipinski definition) is 0. The molecule has 1 aliphatic rings. The van der Waals surface area contributed by atoms with Crippen molar-refractivity contribution in [3.8, 4) is 6.07 Å². The summed E-state index contributed by atoms with van der Waals surface area (Å²) in [5.74, 6) is -0.431. The molecule has 1 aliphatic heterocycles. The maximum absolute atomic E-state index is 11.7. The molecule has 5 nitrogen and oxygen atoms in total. The van der Waals surface area contributed by atoms with Gasteiger partial charge in [0.2, 0.25) is 5.91 Å². The molecule has 0 aromatic carbocycles. The molecule has 1 saturated heterocycles. The Kier molecular flexibility index (Phi) is 4.29. The van der Waals surface area contributed by atoms with E-state index >= 15 is 0 Å². The first-order chi connectivity index (χ1) is 7.56. The number of likely N-dealkylation sites (tertiary alicyclic amines) is 1. The summed E-state index contributed by atoms with van der Waals surface area (Å²) in [6.45, 7) is 3.86. The van der Waals surface area contributed by atoms with Crippen molar-refractivity contribution in [3.05, 3.63) is 0 Å². The summed E-state index contributed by atoms with van der Waals surface area (Å²) in [7, 11) is 0. The highest BCUT2D eigenvalue weighted by Crippen LogP contribution is 2.20. The molecule has 1 unspecified atom stereocenters. The predicted molar refractivity (Wildman–Crippen MR) is 56.2 cm³/mol. The third-order valence-electron chi connectivity index (χ3n) is 2.42. The number of amides is 1. The van der Waals surface area contributed by atoms with Gasteiger partial charge in [0.05, 0.1) is 18.6 Å². The van der Waals surface area contributed by atoms with Gasteiger partial charge in [-0.25, -0.2) is 4.79 Å². The van der Waals surface area contributed by atoms with Gasteiger partial charge >= 0.3 is 5.97 Å². The molecular formula is C11H16N2O3. The first kappa shape index (κ1) is 12.5. The molecule has 0 radical (unpaired) electrons. The molecule has 88 valence electrons. The van der Waals surface area contributed by atoms with Crippen LogP contribution in [0, 0.1) is 11.3 Å². The maximum atomic E-state index is 11.7. The van der Waals surface area contributed by atoms with Crippen molar-refractivity contribution in [2.24, 2.45) is 0 Å². The van der Waals surface area contributed by atoms with E-state index in [1.165, 1.54) is 4.90 Å². The molecule has 0 aliphatic carbocycles. The Morgan fingerprint density at radius 2 is 2.38 bits per heavy atom. The van der Waals surface area contributed by atoms with Gasteiger partial charge in [-0.2, -0.15) is 5.26 Å². The summed E-state index contributed by atoms with van der Waals surface area (Å²) < 4.78 is 5.08. The zero-order valence-corrected chi connectivity index (χ0v) is 9.60. The van der Waals surface area contributed by atoms with Crippen LogP contribution in [0.2, 0.25) is 0 Å². The van der Waals surface area contributed by atoms with Crippen LogP contribution in [0.15, 0.2) is 0 Å². The molecule has 16 heavy (non-hydrogen) atoms. The van der Waals surface area contributed by atoms with Crippen molar-refractivity contribution in [1.29, 1.82) is 5.26 Å². The summed E-state index contributed by atoms with van der Waals surface area (Å²) in [6.07, 6.45) is 0.928. The fourth-order valence-corrected chi connectivity index (χ4v) is 1.74. The average Bonchev–Trinajstić information content (AvgIpc) is 2.56. The lowest BCUT2D eigenvalue weighted by Gasteiger charge is -2.23. The van der Waals surface area contributed by atoms with E-state index in [2.05, 4.69) is 0 Å². The van der Waals surface area contributed by atoms with Crippen molar-refractivity contribution in [2.45, 2.75) is 45.3 Å². The number of rotatable bonds is 4. The molecule has 1 heterocycles. The summed E-state index contributed by atoms with van der Waals surface area (Å²) in [4.78, 5) is 24.6. The molecule has 1 rings (SSSR count). The molecule has 1 atom stereocenters. The zero-order valence-electron chi connectivity index (χ0n) is 9.60. The Bertz CT molecular complexity index is 320. The Morgan fingerprint density at radius 3 is 2.94 bits per heavy atom. The van der Waals surface area contributed by atoms with E-state index in [0.29, 0.717) is 19.4 Å². The minimum absolute atomic E-state index is 0.0686. The van der Waals surface area contributed by atoms with E-state index in [9.17, 15) is 9.59 Å². The van der Waals surface area contributed by atoms with E-state index < -0.39 is 6.04 Å². The lowest BCUT2D eigenvalue weighted by molar-refractivity contribution is -0.155. The van der Waals surface area contributed by atoms with Gasteiger partial charge in [-0.15, -0.1) is 0 Å². The molecule has 0 spiro atoms. The Hall–Kier alpha value is -1.57. The number of hydrogen-bond acceptors (Lipinski definition) is 4. The SMILES string of the molecule is CC(C)OC(=O)C1CCC(=O)N1CCC#N. The number of carbonyl (C=O) groups excluding carboxylic acids is 2. The van der Waals surface area contributed by atoms with Crippen LogP contribution in [-0.2, 0) is 14.3 Å². The fourth-order valence-electron chi connectivity index (χ4n) is 1.74. The number of esters is 1. The van der Waals surface area contributed by atoms with Gasteiger partial charge in [-0.1, -0.05) is 0 Å². The van der Waals surface area contributed by atoms with Gasteiger partial charge in [0.1, 0.15) is 6.04 Å². The van der Waals surface area contributed by atoms with Gasteiger partial charge in [0, 0.05) is 13.0 Å². The molecule has 0 aromatic heterocycles. The molecule has 1 fully saturated rings. The van der Waals surface area contributed by atoms with Crippen LogP contribution in [0.4, 0.5) is 0 Å². The van der Waals surface area contributed by atoms with Crippen LogP contribution in [0.3, 0.4) is 0 Å². The standard InChI is InChI=1S/C11H16N2O3/c1-8(2)16-11(15)9-4-5-10(14)13(9)7-3-6-12/h8-9H,3-5,7H2,1-2H3. The van der Waals surface area contributed by atoms with Gasteiger partial charge in [-0.3, -0.25) is 4.79 Å². The first-order valence-electron chi connectivity index (χ1n) is 5.43. The van der Waals surface area contributed by atoms with E-state index in [1.54, 1.807) is 13.8 Å². The van der Waals surface area contributed by atoms with Crippen molar-refractivity contribution >= 4 is 11.9 Å². The smallest absolute Gasteiger partial charge is 0.329 e. The molecular weight excluding hydrogens is 208 g/mol. The molecule has 0 N–H and O–H groups in total. The fraction of sp³-hybridized carbons (Fsp3) is 0.727. The van der Waals surface area contributed by atoms with Gasteiger partial charge in [-0.05, 0) is 20.3 Å². The molecule has 5 heteroatoms. The van der Waals surface area contributed by atoms with Crippen LogP contribution < -0.4 is 0 Å². The third kappa shape index (κ3) is 2.96. The maximum Gasteiger partial charge on any atom is 0.329 e. The monoisotopic (exact) mass is 224 g/mol. The highest BCUT2D eigenvalue weighted by atomic mass is 16.5. The minimum atomic E-state index is -0.497. The van der Waals surface area contributed by atoms with Crippen LogP contribution in [0.1, 0.15) is 33.1 Å². The van der Waals surface area contributed by atoms with Gasteiger partial charge in [0.15, 0.2) is 0 Å². The predicted octanol–water partition coefficient (Wildman–Crippen LogP) is 0.843. The lowest BCUT2D eigenvalue weighted by Crippen LogP contribution is -2.40. The van der Waals surface area contributed by atoms with E-state index in [1.807, 2.05) is 6.07 Å². The van der Waals surface area contributed by atoms with Crippen molar-refractivity contribution < 1.29 is 14.3 Å². The van der Waals surface area contributed by atoms with E-state index in [-0.39, 0.29) is 24.4 Å². The highest BCUT2D eigenvalue weighted by Gasteiger charge is 2.36. The normalized spacial score (nSPS) is 20.0. The number of nitriles is 1. The summed E-state index contributed by atoms with van der Waals surface area (Å²) >= 11 is 0. The third-order valence-corrected chi connectivity index (χ3v) is 2.42. The van der Waals surface area contributed by atoms with Crippen LogP contribution in [0.25, 0.3) is 0 Å². The Labute approximate surface area is 95.0 Å². The molecule has 0 bridgehead atoms. The zero-order chi connectivity index (χ0) is 12.1. The van der Waals surface area contributed by atoms with Crippen LogP contribution in [0.5, 0.6) is 0 Å². The minimum Gasteiger partial charge on any atom is -0.461 e. The van der Waals surface area contributed by atoms with E-state index in [0.717, 1.165) is 0 Å². The second kappa shape index (κ2) is 5.50. The second-order valence-electron chi connectivity index (χ2n) is 4.04. The van der Waals surface area contributed by atoms with Crippen molar-refractivity contribution in [1.82, 2.24) is 4.90 Å². The summed E-state index contributed by atoms with van der Waals surface area (Å²) in [5, 5.41) is 8.48. The Morgan fingerprint density at radius 1 is 1.69 bits per heavy atom. The number of nitrogens with zero attached hydrogens (tertiary/aromatic N) is 2. The van der Waals surface area contributed by atoms with Crippen molar-refractivity contribution in [3.63, 3.8) is 0 Å². The first-order valence-corrected chi connectivity index (χ1v) is 5.43. The van der Waals surface area contributed by atoms with Crippen LogP contribution >= 0.6 is 0 Å². The molecule has 1 amide bonds. The van der Waals surface area contributed by atoms with Crippen LogP contribution in [-0.4, -0.2) is 35.5 Å². The Balaban J connectivity index is 2.61. The highest BCUT2D eigenvalue weighted by molar-refractivity contribution is 5.88.